The summed E-state index contributed by atoms with van der Waals surface area (Å²) in [5.41, 5.74) is 0.679. The number of hydrogen-bond acceptors (Lipinski definition) is 7. The van der Waals surface area contributed by atoms with Crippen molar-refractivity contribution in [3.05, 3.63) is 47.9 Å². The Morgan fingerprint density at radius 3 is 2.59 bits per heavy atom. The summed E-state index contributed by atoms with van der Waals surface area (Å²) in [7, 11) is -2.72. The van der Waals surface area contributed by atoms with Gasteiger partial charge in [-0.05, 0) is 43.2 Å². The fraction of sp³-hybridized carbons (Fsp3) is 0.368. The van der Waals surface area contributed by atoms with Gasteiger partial charge in [-0.25, -0.2) is 18.4 Å². The number of piperidine rings is 1. The summed E-state index contributed by atoms with van der Waals surface area (Å²) in [6, 6.07) is 7.68. The highest BCUT2D eigenvalue weighted by molar-refractivity contribution is 7.89. The maximum absolute atomic E-state index is 12.4. The van der Waals surface area contributed by atoms with Crippen molar-refractivity contribution in [3.63, 3.8) is 0 Å². The molecule has 0 spiro atoms. The van der Waals surface area contributed by atoms with Crippen LogP contribution < -0.4 is 15.4 Å². The Balaban J connectivity index is 1.68. The number of anilines is 1. The average molecular weight is 421 g/mol. The fourth-order valence-corrected chi connectivity index (χ4v) is 3.90. The van der Waals surface area contributed by atoms with Crippen molar-refractivity contribution in [2.75, 3.05) is 25.1 Å². The van der Waals surface area contributed by atoms with E-state index < -0.39 is 16.0 Å². The summed E-state index contributed by atoms with van der Waals surface area (Å²) in [6.07, 6.45) is 2.75. The van der Waals surface area contributed by atoms with Gasteiger partial charge in [0.15, 0.2) is 0 Å². The third-order valence-corrected chi connectivity index (χ3v) is 5.84. The first kappa shape index (κ1) is 20.9. The molecular weight excluding hydrogens is 398 g/mol. The molecule has 0 saturated carbocycles. The quantitative estimate of drug-likeness (QED) is 0.671. The number of carbonyl (C=O) groups is 2. The maximum atomic E-state index is 12.4. The Bertz CT molecular complexity index is 979. The van der Waals surface area contributed by atoms with Crippen LogP contribution in [0.25, 0.3) is 0 Å². The number of sulfonamides is 1. The summed E-state index contributed by atoms with van der Waals surface area (Å²) < 4.78 is 33.2. The molecular formula is C19H23N3O6S. The fourth-order valence-electron chi connectivity index (χ4n) is 3.36. The number of carbonyl (C=O) groups excluding carboxylic acids is 2. The van der Waals surface area contributed by atoms with Gasteiger partial charge in [0.05, 0.1) is 36.1 Å². The Morgan fingerprint density at radius 1 is 1.28 bits per heavy atom. The topological polar surface area (TPSA) is 132 Å². The van der Waals surface area contributed by atoms with E-state index in [1.165, 1.54) is 19.2 Å². The lowest BCUT2D eigenvalue weighted by Gasteiger charge is -2.34. The van der Waals surface area contributed by atoms with E-state index in [0.717, 1.165) is 0 Å². The smallest absolute Gasteiger partial charge is 0.340 e. The van der Waals surface area contributed by atoms with Crippen molar-refractivity contribution in [2.24, 2.45) is 11.1 Å². The van der Waals surface area contributed by atoms with Gasteiger partial charge in [-0.15, -0.1) is 0 Å². The molecule has 0 atom stereocenters. The van der Waals surface area contributed by atoms with Crippen molar-refractivity contribution >= 4 is 27.6 Å². The molecule has 9 nitrogen and oxygen atoms in total. The van der Waals surface area contributed by atoms with Gasteiger partial charge in [0, 0.05) is 19.0 Å². The molecule has 1 amide bonds. The zero-order chi connectivity index (χ0) is 21.0. The number of furan rings is 1. The minimum atomic E-state index is -3.95. The van der Waals surface area contributed by atoms with Crippen LogP contribution >= 0.6 is 0 Å². The molecule has 1 fully saturated rings. The molecule has 1 aliphatic heterocycles. The zero-order valence-corrected chi connectivity index (χ0v) is 16.8. The first-order valence-corrected chi connectivity index (χ1v) is 10.6. The lowest BCUT2D eigenvalue weighted by molar-refractivity contribution is -0.125. The largest absolute Gasteiger partial charge is 0.467 e. The molecule has 0 aliphatic carbocycles. The summed E-state index contributed by atoms with van der Waals surface area (Å²) >= 11 is 0. The van der Waals surface area contributed by atoms with Crippen LogP contribution in [0.1, 0.15) is 29.0 Å². The number of nitrogens with two attached hydrogens (primary N) is 1. The predicted molar refractivity (Wildman–Crippen MR) is 105 cm³/mol. The molecule has 29 heavy (non-hydrogen) atoms. The van der Waals surface area contributed by atoms with Crippen LogP contribution in [0, 0.1) is 5.92 Å². The Morgan fingerprint density at radius 2 is 2.00 bits per heavy atom. The number of ether oxygens (including phenoxy) is 1. The Hall–Kier alpha value is -2.85. The summed E-state index contributed by atoms with van der Waals surface area (Å²) in [5.74, 6) is -0.150. The first-order chi connectivity index (χ1) is 13.8. The summed E-state index contributed by atoms with van der Waals surface area (Å²) in [4.78, 5) is 26.3. The van der Waals surface area contributed by atoms with Gasteiger partial charge in [0.1, 0.15) is 5.76 Å². The van der Waals surface area contributed by atoms with Crippen LogP contribution in [0.3, 0.4) is 0 Å². The molecule has 10 heteroatoms. The number of hydrogen-bond donors (Lipinski definition) is 2. The molecule has 1 aromatic heterocycles. The van der Waals surface area contributed by atoms with Gasteiger partial charge in [-0.2, -0.15) is 0 Å². The van der Waals surface area contributed by atoms with E-state index in [1.54, 1.807) is 24.5 Å². The van der Waals surface area contributed by atoms with Crippen LogP contribution in [-0.2, 0) is 26.1 Å². The molecule has 0 bridgehead atoms. The maximum Gasteiger partial charge on any atom is 0.340 e. The van der Waals surface area contributed by atoms with E-state index >= 15 is 0 Å². The SMILES string of the molecule is COC(=O)c1cc(S(N)(=O)=O)ccc1N1CCC(C(=O)NCc2ccco2)CC1. The van der Waals surface area contributed by atoms with Crippen molar-refractivity contribution < 1.29 is 27.2 Å². The molecule has 1 aliphatic rings. The predicted octanol–water partition coefficient (Wildman–Crippen LogP) is 1.25. The van der Waals surface area contributed by atoms with Gasteiger partial charge in [0.25, 0.3) is 0 Å². The van der Waals surface area contributed by atoms with E-state index in [-0.39, 0.29) is 22.3 Å². The third kappa shape index (κ3) is 4.96. The van der Waals surface area contributed by atoms with Crippen LogP contribution in [0.2, 0.25) is 0 Å². The molecule has 1 aromatic carbocycles. The zero-order valence-electron chi connectivity index (χ0n) is 16.0. The lowest BCUT2D eigenvalue weighted by Crippen LogP contribution is -2.40. The second-order valence-corrected chi connectivity index (χ2v) is 8.34. The first-order valence-electron chi connectivity index (χ1n) is 9.10. The second-order valence-electron chi connectivity index (χ2n) is 6.77. The van der Waals surface area contributed by atoms with Crippen molar-refractivity contribution in [3.8, 4) is 0 Å². The molecule has 2 heterocycles. The number of rotatable bonds is 6. The highest BCUT2D eigenvalue weighted by Crippen LogP contribution is 2.29. The van der Waals surface area contributed by atoms with Gasteiger partial charge in [-0.1, -0.05) is 0 Å². The van der Waals surface area contributed by atoms with Crippen LogP contribution in [0.5, 0.6) is 0 Å². The number of primary sulfonamides is 1. The molecule has 3 N–H and O–H groups in total. The Labute approximate surface area is 168 Å². The molecule has 0 radical (unpaired) electrons. The monoisotopic (exact) mass is 421 g/mol. The third-order valence-electron chi connectivity index (χ3n) is 4.93. The minimum absolute atomic E-state index is 0.0428. The molecule has 156 valence electrons. The highest BCUT2D eigenvalue weighted by Gasteiger charge is 2.28. The number of methoxy groups -OCH3 is 1. The van der Waals surface area contributed by atoms with Gasteiger partial charge in [-0.3, -0.25) is 4.79 Å². The standard InChI is InChI=1S/C19H23N3O6S/c1-27-19(24)16-11-15(29(20,25)26)4-5-17(16)22-8-6-13(7-9-22)18(23)21-12-14-3-2-10-28-14/h2-5,10-11,13H,6-9,12H2,1H3,(H,21,23)(H2,20,25,26). The van der Waals surface area contributed by atoms with Crippen LogP contribution in [-0.4, -0.2) is 40.5 Å². The Kier molecular flexibility index (Phi) is 6.23. The van der Waals surface area contributed by atoms with Crippen LogP contribution in [0.15, 0.2) is 45.9 Å². The number of nitrogens with zero attached hydrogens (tertiary/aromatic N) is 1. The van der Waals surface area contributed by atoms with Crippen molar-refractivity contribution in [1.29, 1.82) is 0 Å². The summed E-state index contributed by atoms with van der Waals surface area (Å²) in [5, 5.41) is 8.03. The highest BCUT2D eigenvalue weighted by atomic mass is 32.2. The average Bonchev–Trinajstić information content (AvgIpc) is 3.24. The number of nitrogens with one attached hydrogen (secondary N) is 1. The number of esters is 1. The van der Waals surface area contributed by atoms with Crippen molar-refractivity contribution in [1.82, 2.24) is 5.32 Å². The van der Waals surface area contributed by atoms with Gasteiger partial charge >= 0.3 is 5.97 Å². The van der Waals surface area contributed by atoms with E-state index in [0.29, 0.717) is 43.9 Å². The van der Waals surface area contributed by atoms with E-state index in [9.17, 15) is 18.0 Å². The number of benzene rings is 1. The van der Waals surface area contributed by atoms with E-state index in [2.05, 4.69) is 5.32 Å². The number of amides is 1. The van der Waals surface area contributed by atoms with Gasteiger partial charge < -0.3 is 19.4 Å². The molecule has 1 saturated heterocycles. The molecule has 2 aromatic rings. The molecule has 0 unspecified atom stereocenters. The second kappa shape index (κ2) is 8.66. The normalized spacial score (nSPS) is 15.2. The van der Waals surface area contributed by atoms with Crippen LogP contribution in [0.4, 0.5) is 5.69 Å². The van der Waals surface area contributed by atoms with Gasteiger partial charge in [0.2, 0.25) is 15.9 Å². The molecule has 3 rings (SSSR count). The van der Waals surface area contributed by atoms with E-state index in [4.69, 9.17) is 14.3 Å². The summed E-state index contributed by atoms with van der Waals surface area (Å²) in [6.45, 7) is 1.42. The lowest BCUT2D eigenvalue weighted by atomic mass is 9.95. The minimum Gasteiger partial charge on any atom is -0.467 e. The van der Waals surface area contributed by atoms with Crippen molar-refractivity contribution in [2.45, 2.75) is 24.3 Å². The van der Waals surface area contributed by atoms with E-state index in [1.807, 2.05) is 4.90 Å².